The van der Waals surface area contributed by atoms with E-state index < -0.39 is 0 Å². The predicted molar refractivity (Wildman–Crippen MR) is 52.2 cm³/mol. The van der Waals surface area contributed by atoms with Crippen molar-refractivity contribution in [2.45, 2.75) is 19.4 Å². The molecular formula is C10H15NO3. The Bertz CT molecular complexity index is 306. The number of carbonyl (C=O) groups excluding carboxylic acids is 1. The Kier molecular flexibility index (Phi) is 3.85. The van der Waals surface area contributed by atoms with Crippen molar-refractivity contribution in [2.75, 3.05) is 13.7 Å². The van der Waals surface area contributed by atoms with Crippen LogP contribution in [0.5, 0.6) is 0 Å². The number of aryl methyl sites for hydroxylation is 1. The number of ether oxygens (including phenoxy) is 1. The van der Waals surface area contributed by atoms with E-state index in [1.807, 2.05) is 0 Å². The lowest BCUT2D eigenvalue weighted by molar-refractivity contribution is 0.0921. The van der Waals surface area contributed by atoms with Crippen LogP contribution in [0.3, 0.4) is 0 Å². The van der Waals surface area contributed by atoms with Crippen molar-refractivity contribution < 1.29 is 13.9 Å². The number of furan rings is 1. The van der Waals surface area contributed by atoms with Gasteiger partial charge < -0.3 is 14.9 Å². The number of rotatable bonds is 5. The first kappa shape index (κ1) is 10.9. The number of nitrogens with two attached hydrogens (primary N) is 1. The van der Waals surface area contributed by atoms with E-state index in [4.69, 9.17) is 14.9 Å². The lowest BCUT2D eigenvalue weighted by Gasteiger charge is -2.07. The van der Waals surface area contributed by atoms with Crippen molar-refractivity contribution in [1.29, 1.82) is 0 Å². The molecule has 1 heterocycles. The molecule has 4 heteroatoms. The van der Waals surface area contributed by atoms with Crippen LogP contribution in [0, 0.1) is 6.92 Å². The Morgan fingerprint density at radius 3 is 2.86 bits per heavy atom. The Labute approximate surface area is 83.0 Å². The van der Waals surface area contributed by atoms with Crippen LogP contribution in [0.2, 0.25) is 0 Å². The number of ketones is 1. The highest BCUT2D eigenvalue weighted by Gasteiger charge is 2.14. The van der Waals surface area contributed by atoms with E-state index in [2.05, 4.69) is 0 Å². The van der Waals surface area contributed by atoms with Gasteiger partial charge in [0.05, 0.1) is 6.61 Å². The zero-order valence-corrected chi connectivity index (χ0v) is 8.45. The van der Waals surface area contributed by atoms with Gasteiger partial charge in [-0.1, -0.05) is 0 Å². The minimum Gasteiger partial charge on any atom is -0.458 e. The maximum Gasteiger partial charge on any atom is 0.199 e. The lowest BCUT2D eigenvalue weighted by atomic mass is 10.1. The first-order chi connectivity index (χ1) is 6.63. The summed E-state index contributed by atoms with van der Waals surface area (Å²) in [6.45, 7) is 2.18. The van der Waals surface area contributed by atoms with Gasteiger partial charge in [-0.2, -0.15) is 0 Å². The Hall–Kier alpha value is -1.13. The predicted octanol–water partition coefficient (Wildman–Crippen LogP) is 1.13. The second-order valence-electron chi connectivity index (χ2n) is 3.25. The monoisotopic (exact) mass is 197 g/mol. The third-order valence-electron chi connectivity index (χ3n) is 1.84. The smallest absolute Gasteiger partial charge is 0.199 e. The van der Waals surface area contributed by atoms with Crippen molar-refractivity contribution in [2.24, 2.45) is 5.73 Å². The molecule has 1 rings (SSSR count). The first-order valence-corrected chi connectivity index (χ1v) is 4.47. The van der Waals surface area contributed by atoms with Gasteiger partial charge in [0.15, 0.2) is 11.5 Å². The van der Waals surface area contributed by atoms with E-state index in [0.29, 0.717) is 12.4 Å². The van der Waals surface area contributed by atoms with E-state index in [1.165, 1.54) is 0 Å². The summed E-state index contributed by atoms with van der Waals surface area (Å²) in [5.74, 6) is 1.02. The molecule has 14 heavy (non-hydrogen) atoms. The zero-order chi connectivity index (χ0) is 10.6. The number of methoxy groups -OCH3 is 1. The molecule has 0 bridgehead atoms. The zero-order valence-electron chi connectivity index (χ0n) is 8.45. The molecule has 4 nitrogen and oxygen atoms in total. The quantitative estimate of drug-likeness (QED) is 0.719. The van der Waals surface area contributed by atoms with Crippen LogP contribution in [0.1, 0.15) is 22.7 Å². The number of hydrogen-bond acceptors (Lipinski definition) is 4. The van der Waals surface area contributed by atoms with E-state index in [9.17, 15) is 4.79 Å². The minimum atomic E-state index is -0.266. The Morgan fingerprint density at radius 2 is 2.36 bits per heavy atom. The Morgan fingerprint density at radius 1 is 1.64 bits per heavy atom. The van der Waals surface area contributed by atoms with Crippen LogP contribution in [-0.4, -0.2) is 25.5 Å². The average Bonchev–Trinajstić information content (AvgIpc) is 2.52. The van der Waals surface area contributed by atoms with Crippen LogP contribution in [-0.2, 0) is 4.74 Å². The molecule has 2 N–H and O–H groups in total. The summed E-state index contributed by atoms with van der Waals surface area (Å²) < 4.78 is 10.0. The molecule has 0 spiro atoms. The average molecular weight is 197 g/mol. The molecule has 0 amide bonds. The second kappa shape index (κ2) is 4.93. The summed E-state index contributed by atoms with van der Waals surface area (Å²) in [5.41, 5.74) is 5.64. The summed E-state index contributed by atoms with van der Waals surface area (Å²) in [7, 11) is 1.56. The van der Waals surface area contributed by atoms with E-state index in [0.717, 1.165) is 5.76 Å². The maximum absolute atomic E-state index is 11.5. The van der Waals surface area contributed by atoms with Gasteiger partial charge in [0.1, 0.15) is 5.76 Å². The van der Waals surface area contributed by atoms with Crippen molar-refractivity contribution >= 4 is 5.78 Å². The van der Waals surface area contributed by atoms with Crippen LogP contribution in [0.4, 0.5) is 0 Å². The molecule has 0 saturated heterocycles. The van der Waals surface area contributed by atoms with E-state index in [-0.39, 0.29) is 18.2 Å². The number of carbonyl (C=O) groups is 1. The molecule has 1 atom stereocenters. The van der Waals surface area contributed by atoms with Crippen molar-refractivity contribution in [3.8, 4) is 0 Å². The lowest BCUT2D eigenvalue weighted by Crippen LogP contribution is -2.28. The third kappa shape index (κ3) is 2.97. The fourth-order valence-electron chi connectivity index (χ4n) is 1.20. The van der Waals surface area contributed by atoms with Gasteiger partial charge >= 0.3 is 0 Å². The Balaban J connectivity index is 2.50. The van der Waals surface area contributed by atoms with Crippen LogP contribution >= 0.6 is 0 Å². The van der Waals surface area contributed by atoms with Gasteiger partial charge in [-0.25, -0.2) is 0 Å². The van der Waals surface area contributed by atoms with Crippen LogP contribution < -0.4 is 5.73 Å². The normalized spacial score (nSPS) is 12.8. The molecule has 0 fully saturated rings. The largest absolute Gasteiger partial charge is 0.458 e. The SMILES string of the molecule is COCC(N)CC(=O)c1ccc(C)o1. The number of hydrogen-bond donors (Lipinski definition) is 1. The highest BCUT2D eigenvalue weighted by Crippen LogP contribution is 2.09. The van der Waals surface area contributed by atoms with Crippen LogP contribution in [0.15, 0.2) is 16.5 Å². The van der Waals surface area contributed by atoms with Gasteiger partial charge in [0.2, 0.25) is 0 Å². The highest BCUT2D eigenvalue weighted by molar-refractivity contribution is 5.93. The molecule has 1 unspecified atom stereocenters. The standard InChI is InChI=1S/C10H15NO3/c1-7-3-4-10(14-7)9(12)5-8(11)6-13-2/h3-4,8H,5-6,11H2,1-2H3. The van der Waals surface area contributed by atoms with Crippen molar-refractivity contribution in [3.05, 3.63) is 23.7 Å². The molecule has 1 aromatic rings. The van der Waals surface area contributed by atoms with Gasteiger partial charge in [-0.05, 0) is 19.1 Å². The van der Waals surface area contributed by atoms with E-state index in [1.54, 1.807) is 26.2 Å². The molecule has 1 aromatic heterocycles. The summed E-state index contributed by atoms with van der Waals surface area (Å²) >= 11 is 0. The summed E-state index contributed by atoms with van der Waals surface area (Å²) in [5, 5.41) is 0. The minimum absolute atomic E-state index is 0.0809. The van der Waals surface area contributed by atoms with Gasteiger partial charge in [-0.15, -0.1) is 0 Å². The summed E-state index contributed by atoms with van der Waals surface area (Å²) in [6.07, 6.45) is 0.251. The molecule has 0 aliphatic rings. The summed E-state index contributed by atoms with van der Waals surface area (Å²) in [6, 6.07) is 3.16. The summed E-state index contributed by atoms with van der Waals surface area (Å²) in [4.78, 5) is 11.5. The molecule has 0 aromatic carbocycles. The van der Waals surface area contributed by atoms with Gasteiger partial charge in [-0.3, -0.25) is 4.79 Å². The topological polar surface area (TPSA) is 65.5 Å². The molecule has 78 valence electrons. The fraction of sp³-hybridized carbons (Fsp3) is 0.500. The molecule has 0 radical (unpaired) electrons. The van der Waals surface area contributed by atoms with E-state index >= 15 is 0 Å². The fourth-order valence-corrected chi connectivity index (χ4v) is 1.20. The molecule has 0 aliphatic heterocycles. The highest BCUT2D eigenvalue weighted by atomic mass is 16.5. The molecule has 0 saturated carbocycles. The number of Topliss-reactive ketones (excluding diaryl/α,β-unsaturated/α-hetero) is 1. The first-order valence-electron chi connectivity index (χ1n) is 4.47. The maximum atomic E-state index is 11.5. The van der Waals surface area contributed by atoms with Gasteiger partial charge in [0, 0.05) is 19.6 Å². The van der Waals surface area contributed by atoms with Crippen LogP contribution in [0.25, 0.3) is 0 Å². The van der Waals surface area contributed by atoms with Crippen molar-refractivity contribution in [1.82, 2.24) is 0 Å². The van der Waals surface area contributed by atoms with Crippen molar-refractivity contribution in [3.63, 3.8) is 0 Å². The molecular weight excluding hydrogens is 182 g/mol. The third-order valence-corrected chi connectivity index (χ3v) is 1.84. The second-order valence-corrected chi connectivity index (χ2v) is 3.25. The molecule has 0 aliphatic carbocycles. The van der Waals surface area contributed by atoms with Gasteiger partial charge in [0.25, 0.3) is 0 Å².